The van der Waals surface area contributed by atoms with Gasteiger partial charge in [0, 0.05) is 17.5 Å². The van der Waals surface area contributed by atoms with Crippen LogP contribution >= 0.6 is 11.6 Å². The Kier molecular flexibility index (Phi) is 5.27. The van der Waals surface area contributed by atoms with Crippen molar-refractivity contribution in [3.63, 3.8) is 0 Å². The first-order chi connectivity index (χ1) is 9.84. The zero-order valence-electron chi connectivity index (χ0n) is 12.0. The Morgan fingerprint density at radius 2 is 2.24 bits per heavy atom. The molecule has 1 fully saturated rings. The van der Waals surface area contributed by atoms with Gasteiger partial charge in [-0.25, -0.2) is 8.42 Å². The minimum absolute atomic E-state index is 0.00558. The van der Waals surface area contributed by atoms with E-state index >= 15 is 0 Å². The van der Waals surface area contributed by atoms with Crippen molar-refractivity contribution in [2.24, 2.45) is 5.92 Å². The average molecular weight is 330 g/mol. The summed E-state index contributed by atoms with van der Waals surface area (Å²) >= 11 is 5.93. The first-order valence-electron chi connectivity index (χ1n) is 7.08. The van der Waals surface area contributed by atoms with Crippen LogP contribution in [0.2, 0.25) is 5.02 Å². The van der Waals surface area contributed by atoms with Crippen molar-refractivity contribution in [1.29, 1.82) is 0 Å². The Morgan fingerprint density at radius 1 is 1.48 bits per heavy atom. The van der Waals surface area contributed by atoms with Gasteiger partial charge in [-0.2, -0.15) is 0 Å². The average Bonchev–Trinajstić information content (AvgIpc) is 2.67. The molecule has 1 aliphatic heterocycles. The van der Waals surface area contributed by atoms with E-state index < -0.39 is 9.84 Å². The van der Waals surface area contributed by atoms with Crippen molar-refractivity contribution in [2.75, 3.05) is 11.5 Å². The molecule has 0 bridgehead atoms. The molecule has 1 N–H and O–H groups in total. The highest BCUT2D eigenvalue weighted by atomic mass is 35.5. The Hall–Kier alpha value is -1.07. The van der Waals surface area contributed by atoms with E-state index in [0.29, 0.717) is 24.3 Å². The SMILES string of the molecule is CC(Cc1cccc(Cl)c1)NC(=O)CC1CCS(=O)(=O)C1. The molecule has 0 aliphatic carbocycles. The maximum absolute atomic E-state index is 11.9. The number of rotatable bonds is 5. The molecule has 6 heteroatoms. The molecule has 4 nitrogen and oxygen atoms in total. The summed E-state index contributed by atoms with van der Waals surface area (Å²) in [5, 5.41) is 3.61. The summed E-state index contributed by atoms with van der Waals surface area (Å²) in [5.41, 5.74) is 1.07. The third kappa shape index (κ3) is 5.32. The minimum atomic E-state index is -2.92. The van der Waals surface area contributed by atoms with Gasteiger partial charge in [-0.05, 0) is 43.4 Å². The molecule has 2 atom stereocenters. The number of carbonyl (C=O) groups excluding carboxylic acids is 1. The first kappa shape index (κ1) is 16.3. The van der Waals surface area contributed by atoms with Crippen LogP contribution in [0.1, 0.15) is 25.3 Å². The standard InChI is InChI=1S/C15H20ClNO3S/c1-11(7-12-3-2-4-14(16)8-12)17-15(18)9-13-5-6-21(19,20)10-13/h2-4,8,11,13H,5-7,9-10H2,1H3,(H,17,18). The molecule has 1 aliphatic rings. The lowest BCUT2D eigenvalue weighted by atomic mass is 10.0. The molecular weight excluding hydrogens is 310 g/mol. The molecule has 0 saturated carbocycles. The molecule has 0 radical (unpaired) electrons. The number of hydrogen-bond acceptors (Lipinski definition) is 3. The normalized spacial score (nSPS) is 21.9. The third-order valence-electron chi connectivity index (χ3n) is 3.64. The lowest BCUT2D eigenvalue weighted by molar-refractivity contribution is -0.122. The van der Waals surface area contributed by atoms with E-state index in [9.17, 15) is 13.2 Å². The van der Waals surface area contributed by atoms with E-state index in [-0.39, 0.29) is 29.4 Å². The maximum Gasteiger partial charge on any atom is 0.220 e. The molecular formula is C15H20ClNO3S. The van der Waals surface area contributed by atoms with E-state index in [0.717, 1.165) is 5.56 Å². The quantitative estimate of drug-likeness (QED) is 0.900. The van der Waals surface area contributed by atoms with Gasteiger partial charge in [0.1, 0.15) is 0 Å². The summed E-state index contributed by atoms with van der Waals surface area (Å²) in [7, 11) is -2.92. The maximum atomic E-state index is 11.9. The van der Waals surface area contributed by atoms with Crippen LogP contribution in [-0.4, -0.2) is 31.9 Å². The van der Waals surface area contributed by atoms with Gasteiger partial charge >= 0.3 is 0 Å². The van der Waals surface area contributed by atoms with Crippen LogP contribution in [0.3, 0.4) is 0 Å². The highest BCUT2D eigenvalue weighted by molar-refractivity contribution is 7.91. The van der Waals surface area contributed by atoms with Gasteiger partial charge in [0.25, 0.3) is 0 Å². The lowest BCUT2D eigenvalue weighted by Crippen LogP contribution is -2.35. The lowest BCUT2D eigenvalue weighted by Gasteiger charge is -2.15. The number of carbonyl (C=O) groups is 1. The van der Waals surface area contributed by atoms with E-state index in [1.165, 1.54) is 0 Å². The van der Waals surface area contributed by atoms with Gasteiger partial charge in [0.05, 0.1) is 11.5 Å². The number of amides is 1. The number of sulfone groups is 1. The second-order valence-corrected chi connectivity index (χ2v) is 8.44. The van der Waals surface area contributed by atoms with Crippen molar-refractivity contribution >= 4 is 27.3 Å². The summed E-state index contributed by atoms with van der Waals surface area (Å²) < 4.78 is 22.7. The van der Waals surface area contributed by atoms with Gasteiger partial charge in [-0.1, -0.05) is 23.7 Å². The molecule has 1 aromatic rings. The molecule has 1 heterocycles. The van der Waals surface area contributed by atoms with E-state index in [2.05, 4.69) is 5.32 Å². The smallest absolute Gasteiger partial charge is 0.220 e. The summed E-state index contributed by atoms with van der Waals surface area (Å²) in [5.74, 6) is 0.242. The van der Waals surface area contributed by atoms with Crippen molar-refractivity contribution in [1.82, 2.24) is 5.32 Å². The summed E-state index contributed by atoms with van der Waals surface area (Å²) in [6, 6.07) is 7.55. The monoisotopic (exact) mass is 329 g/mol. The summed E-state index contributed by atoms with van der Waals surface area (Å²) in [6.45, 7) is 1.93. The number of halogens is 1. The number of nitrogens with one attached hydrogen (secondary N) is 1. The van der Waals surface area contributed by atoms with Crippen LogP contribution in [-0.2, 0) is 21.1 Å². The molecule has 0 spiro atoms. The molecule has 21 heavy (non-hydrogen) atoms. The van der Waals surface area contributed by atoms with E-state index in [1.54, 1.807) is 0 Å². The van der Waals surface area contributed by atoms with Gasteiger partial charge < -0.3 is 5.32 Å². The van der Waals surface area contributed by atoms with Crippen LogP contribution in [0.4, 0.5) is 0 Å². The fourth-order valence-corrected chi connectivity index (χ4v) is 4.77. The fourth-order valence-electron chi connectivity index (χ4n) is 2.70. The van der Waals surface area contributed by atoms with Crippen molar-refractivity contribution in [3.8, 4) is 0 Å². The number of benzene rings is 1. The second-order valence-electron chi connectivity index (χ2n) is 5.78. The molecule has 2 unspecified atom stereocenters. The van der Waals surface area contributed by atoms with Crippen LogP contribution < -0.4 is 5.32 Å². The Bertz CT molecular complexity index is 615. The number of hydrogen-bond donors (Lipinski definition) is 1. The molecule has 2 rings (SSSR count). The fraction of sp³-hybridized carbons (Fsp3) is 0.533. The second kappa shape index (κ2) is 6.79. The van der Waals surface area contributed by atoms with Crippen molar-refractivity contribution in [3.05, 3.63) is 34.9 Å². The molecule has 0 aromatic heterocycles. The molecule has 116 valence electrons. The van der Waals surface area contributed by atoms with Crippen LogP contribution in [0.25, 0.3) is 0 Å². The summed E-state index contributed by atoms with van der Waals surface area (Å²) in [4.78, 5) is 11.9. The van der Waals surface area contributed by atoms with E-state index in [1.807, 2.05) is 31.2 Å². The Balaban J connectivity index is 1.80. The van der Waals surface area contributed by atoms with Gasteiger partial charge in [0.2, 0.25) is 5.91 Å². The highest BCUT2D eigenvalue weighted by Gasteiger charge is 2.29. The molecule has 1 saturated heterocycles. The first-order valence-corrected chi connectivity index (χ1v) is 9.28. The predicted octanol–water partition coefficient (Wildman–Crippen LogP) is 2.21. The molecule has 1 amide bonds. The van der Waals surface area contributed by atoms with Crippen LogP contribution in [0.15, 0.2) is 24.3 Å². The van der Waals surface area contributed by atoms with E-state index in [4.69, 9.17) is 11.6 Å². The zero-order chi connectivity index (χ0) is 15.5. The van der Waals surface area contributed by atoms with Crippen molar-refractivity contribution < 1.29 is 13.2 Å². The van der Waals surface area contributed by atoms with Gasteiger partial charge in [0.15, 0.2) is 9.84 Å². The minimum Gasteiger partial charge on any atom is -0.353 e. The largest absolute Gasteiger partial charge is 0.353 e. The third-order valence-corrected chi connectivity index (χ3v) is 5.71. The van der Waals surface area contributed by atoms with Crippen LogP contribution in [0.5, 0.6) is 0 Å². The topological polar surface area (TPSA) is 63.2 Å². The zero-order valence-corrected chi connectivity index (χ0v) is 13.6. The van der Waals surface area contributed by atoms with Gasteiger partial charge in [-0.3, -0.25) is 4.79 Å². The highest BCUT2D eigenvalue weighted by Crippen LogP contribution is 2.21. The van der Waals surface area contributed by atoms with Crippen molar-refractivity contribution in [2.45, 2.75) is 32.2 Å². The Labute approximate surface area is 130 Å². The Morgan fingerprint density at radius 3 is 2.86 bits per heavy atom. The predicted molar refractivity (Wildman–Crippen MR) is 84.1 cm³/mol. The van der Waals surface area contributed by atoms with Gasteiger partial charge in [-0.15, -0.1) is 0 Å². The summed E-state index contributed by atoms with van der Waals surface area (Å²) in [6.07, 6.45) is 1.59. The molecule has 1 aromatic carbocycles. The van der Waals surface area contributed by atoms with Crippen LogP contribution in [0, 0.1) is 5.92 Å².